The number of aliphatic hydroxyl groups excluding tert-OH is 1. The monoisotopic (exact) mass is 230 g/mol. The molecular weight excluding hydrogens is 212 g/mol. The molecule has 0 aliphatic rings. The van der Waals surface area contributed by atoms with Crippen LogP contribution in [-0.2, 0) is 13.2 Å². The molecule has 0 fully saturated rings. The maximum atomic E-state index is 8.99. The fourth-order valence-corrected chi connectivity index (χ4v) is 2.22. The number of aryl methyl sites for hydroxylation is 3. The molecule has 0 radical (unpaired) electrons. The average Bonchev–Trinajstić information content (AvgIpc) is 2.71. The van der Waals surface area contributed by atoms with Gasteiger partial charge >= 0.3 is 0 Å². The van der Waals surface area contributed by atoms with E-state index in [4.69, 9.17) is 5.11 Å². The van der Waals surface area contributed by atoms with Crippen molar-refractivity contribution in [3.8, 4) is 0 Å². The molecule has 1 aromatic heterocycles. The highest BCUT2D eigenvalue weighted by molar-refractivity contribution is 5.37. The minimum absolute atomic E-state index is 0.00113. The van der Waals surface area contributed by atoms with Crippen molar-refractivity contribution in [2.75, 3.05) is 0 Å². The summed E-state index contributed by atoms with van der Waals surface area (Å²) in [5, 5.41) is 8.99. The third-order valence-electron chi connectivity index (χ3n) is 3.03. The summed E-state index contributed by atoms with van der Waals surface area (Å²) >= 11 is 0. The van der Waals surface area contributed by atoms with E-state index in [2.05, 4.69) is 37.9 Å². The first-order chi connectivity index (χ1) is 8.10. The van der Waals surface area contributed by atoms with E-state index < -0.39 is 0 Å². The Bertz CT molecular complexity index is 506. The molecule has 0 aliphatic heterocycles. The summed E-state index contributed by atoms with van der Waals surface area (Å²) in [5.41, 5.74) is 5.96. The van der Waals surface area contributed by atoms with Gasteiger partial charge in [0, 0.05) is 12.7 Å². The van der Waals surface area contributed by atoms with Gasteiger partial charge in [0.2, 0.25) is 0 Å². The highest BCUT2D eigenvalue weighted by atomic mass is 16.3. The van der Waals surface area contributed by atoms with E-state index in [1.54, 1.807) is 6.33 Å². The Balaban J connectivity index is 2.29. The molecule has 17 heavy (non-hydrogen) atoms. The smallest absolute Gasteiger partial charge is 0.0953 e. The van der Waals surface area contributed by atoms with Gasteiger partial charge in [-0.25, -0.2) is 4.98 Å². The SMILES string of the molecule is Cc1cc(C)c(Cn2cnc(CO)c2)c(C)c1. The van der Waals surface area contributed by atoms with Crippen LogP contribution >= 0.6 is 0 Å². The molecule has 2 aromatic rings. The summed E-state index contributed by atoms with van der Waals surface area (Å²) in [7, 11) is 0. The fraction of sp³-hybridized carbons (Fsp3) is 0.357. The molecule has 0 spiro atoms. The van der Waals surface area contributed by atoms with Gasteiger partial charge in [-0.05, 0) is 37.5 Å². The summed E-state index contributed by atoms with van der Waals surface area (Å²) in [6.45, 7) is 7.20. The van der Waals surface area contributed by atoms with E-state index >= 15 is 0 Å². The number of hydrogen-bond acceptors (Lipinski definition) is 2. The zero-order valence-electron chi connectivity index (χ0n) is 10.6. The number of imidazole rings is 1. The number of hydrogen-bond donors (Lipinski definition) is 1. The average molecular weight is 230 g/mol. The van der Waals surface area contributed by atoms with Crippen molar-refractivity contribution < 1.29 is 5.11 Å². The van der Waals surface area contributed by atoms with Crippen LogP contribution < -0.4 is 0 Å². The first-order valence-corrected chi connectivity index (χ1v) is 5.78. The van der Waals surface area contributed by atoms with E-state index in [1.807, 2.05) is 10.8 Å². The van der Waals surface area contributed by atoms with Crippen molar-refractivity contribution >= 4 is 0 Å². The van der Waals surface area contributed by atoms with Crippen molar-refractivity contribution in [3.63, 3.8) is 0 Å². The third-order valence-corrected chi connectivity index (χ3v) is 3.03. The number of aromatic nitrogens is 2. The predicted octanol–water partition coefficient (Wildman–Crippen LogP) is 2.35. The molecule has 3 nitrogen and oxygen atoms in total. The van der Waals surface area contributed by atoms with E-state index in [9.17, 15) is 0 Å². The lowest BCUT2D eigenvalue weighted by Gasteiger charge is -2.11. The van der Waals surface area contributed by atoms with Crippen LogP contribution in [0.3, 0.4) is 0 Å². The zero-order valence-corrected chi connectivity index (χ0v) is 10.6. The lowest BCUT2D eigenvalue weighted by Crippen LogP contribution is -2.02. The van der Waals surface area contributed by atoms with E-state index in [-0.39, 0.29) is 6.61 Å². The zero-order chi connectivity index (χ0) is 12.4. The van der Waals surface area contributed by atoms with Crippen LogP contribution in [0.15, 0.2) is 24.7 Å². The molecule has 1 heterocycles. The lowest BCUT2D eigenvalue weighted by atomic mass is 10.00. The van der Waals surface area contributed by atoms with Crippen LogP contribution in [-0.4, -0.2) is 14.7 Å². The summed E-state index contributed by atoms with van der Waals surface area (Å²) in [5.74, 6) is 0. The van der Waals surface area contributed by atoms with Crippen LogP contribution in [0.4, 0.5) is 0 Å². The van der Waals surface area contributed by atoms with Crippen LogP contribution in [0.1, 0.15) is 27.9 Å². The van der Waals surface area contributed by atoms with E-state index in [0.29, 0.717) is 5.69 Å². The van der Waals surface area contributed by atoms with Gasteiger partial charge in [0.15, 0.2) is 0 Å². The van der Waals surface area contributed by atoms with Crippen molar-refractivity contribution in [3.05, 3.63) is 52.6 Å². The second kappa shape index (κ2) is 4.72. The maximum Gasteiger partial charge on any atom is 0.0953 e. The first kappa shape index (κ1) is 11.9. The van der Waals surface area contributed by atoms with Gasteiger partial charge in [-0.1, -0.05) is 17.7 Å². The molecule has 2 rings (SSSR count). The van der Waals surface area contributed by atoms with Crippen LogP contribution in [0.25, 0.3) is 0 Å². The molecule has 0 saturated carbocycles. The second-order valence-electron chi connectivity index (χ2n) is 4.57. The van der Waals surface area contributed by atoms with Gasteiger partial charge < -0.3 is 9.67 Å². The minimum atomic E-state index is -0.00113. The molecule has 0 bridgehead atoms. The van der Waals surface area contributed by atoms with Crippen molar-refractivity contribution in [1.29, 1.82) is 0 Å². The van der Waals surface area contributed by atoms with Gasteiger partial charge in [0.05, 0.1) is 18.6 Å². The summed E-state index contributed by atoms with van der Waals surface area (Å²) in [6.07, 6.45) is 3.66. The molecule has 0 amide bonds. The van der Waals surface area contributed by atoms with Gasteiger partial charge in [0.25, 0.3) is 0 Å². The van der Waals surface area contributed by atoms with E-state index in [1.165, 1.54) is 22.3 Å². The number of nitrogens with zero attached hydrogens (tertiary/aromatic N) is 2. The Kier molecular flexibility index (Phi) is 3.29. The van der Waals surface area contributed by atoms with Crippen LogP contribution in [0.5, 0.6) is 0 Å². The Labute approximate surface area is 102 Å². The topological polar surface area (TPSA) is 38.0 Å². The first-order valence-electron chi connectivity index (χ1n) is 5.78. The lowest BCUT2D eigenvalue weighted by molar-refractivity contribution is 0.277. The third kappa shape index (κ3) is 2.56. The molecule has 1 aromatic carbocycles. The standard InChI is InChI=1S/C14H18N2O/c1-10-4-11(2)14(12(3)5-10)7-16-6-13(8-17)15-9-16/h4-6,9,17H,7-8H2,1-3H3. The fourth-order valence-electron chi connectivity index (χ4n) is 2.22. The molecule has 0 atom stereocenters. The van der Waals surface area contributed by atoms with Gasteiger partial charge in [-0.2, -0.15) is 0 Å². The van der Waals surface area contributed by atoms with Crippen LogP contribution in [0, 0.1) is 20.8 Å². The second-order valence-corrected chi connectivity index (χ2v) is 4.57. The Morgan fingerprint density at radius 3 is 2.35 bits per heavy atom. The van der Waals surface area contributed by atoms with Crippen molar-refractivity contribution in [1.82, 2.24) is 9.55 Å². The molecule has 0 saturated heterocycles. The van der Waals surface area contributed by atoms with Crippen molar-refractivity contribution in [2.45, 2.75) is 33.9 Å². The number of benzene rings is 1. The largest absolute Gasteiger partial charge is 0.390 e. The van der Waals surface area contributed by atoms with Crippen molar-refractivity contribution in [2.24, 2.45) is 0 Å². The number of rotatable bonds is 3. The van der Waals surface area contributed by atoms with E-state index in [0.717, 1.165) is 6.54 Å². The summed E-state index contributed by atoms with van der Waals surface area (Å²) in [4.78, 5) is 4.12. The normalized spacial score (nSPS) is 10.8. The summed E-state index contributed by atoms with van der Waals surface area (Å²) < 4.78 is 2.01. The Hall–Kier alpha value is -1.61. The quantitative estimate of drug-likeness (QED) is 0.879. The Morgan fingerprint density at radius 1 is 1.18 bits per heavy atom. The maximum absolute atomic E-state index is 8.99. The highest BCUT2D eigenvalue weighted by Crippen LogP contribution is 2.17. The number of aliphatic hydroxyl groups is 1. The molecular formula is C14H18N2O. The predicted molar refractivity (Wildman–Crippen MR) is 67.9 cm³/mol. The molecule has 1 N–H and O–H groups in total. The van der Waals surface area contributed by atoms with Gasteiger partial charge in [0.1, 0.15) is 0 Å². The van der Waals surface area contributed by atoms with Crippen LogP contribution in [0.2, 0.25) is 0 Å². The van der Waals surface area contributed by atoms with Gasteiger partial charge in [-0.3, -0.25) is 0 Å². The molecule has 0 unspecified atom stereocenters. The molecule has 90 valence electrons. The Morgan fingerprint density at radius 2 is 1.82 bits per heavy atom. The minimum Gasteiger partial charge on any atom is -0.390 e. The summed E-state index contributed by atoms with van der Waals surface area (Å²) in [6, 6.07) is 4.40. The highest BCUT2D eigenvalue weighted by Gasteiger charge is 2.05. The molecule has 0 aliphatic carbocycles. The molecule has 3 heteroatoms. The van der Waals surface area contributed by atoms with Gasteiger partial charge in [-0.15, -0.1) is 0 Å².